The van der Waals surface area contributed by atoms with Crippen LogP contribution in [0.25, 0.3) is 33.0 Å². The van der Waals surface area contributed by atoms with Gasteiger partial charge in [-0.3, -0.25) is 0 Å². The first-order valence-corrected chi connectivity index (χ1v) is 14.3. The van der Waals surface area contributed by atoms with E-state index >= 15 is 0 Å². The lowest BCUT2D eigenvalue weighted by Gasteiger charge is -2.17. The number of aryl methyl sites for hydroxylation is 2. The lowest BCUT2D eigenvalue weighted by Crippen LogP contribution is -1.96. The molecule has 0 amide bonds. The second-order valence-electron chi connectivity index (χ2n) is 10.6. The first kappa shape index (κ1) is 24.4. The SMILES string of the molecule is CCCCc1ccc(C(=C2c3ccccc3-c3cc4ccccc4cc32)c2ccc(CCCC)cc2)cc1. The van der Waals surface area contributed by atoms with Gasteiger partial charge < -0.3 is 0 Å². The number of fused-ring (bicyclic) bond motifs is 4. The molecule has 1 aliphatic rings. The fraction of sp³-hybridized carbons (Fsp3) is 0.211. The molecule has 0 atom stereocenters. The van der Waals surface area contributed by atoms with Crippen LogP contribution >= 0.6 is 0 Å². The van der Waals surface area contributed by atoms with Gasteiger partial charge in [-0.05, 0) is 104 Å². The monoisotopic (exact) mass is 492 g/mol. The summed E-state index contributed by atoms with van der Waals surface area (Å²) in [5, 5.41) is 2.59. The molecule has 0 unspecified atom stereocenters. The molecule has 0 aliphatic heterocycles. The molecule has 0 aromatic heterocycles. The van der Waals surface area contributed by atoms with Crippen molar-refractivity contribution in [1.29, 1.82) is 0 Å². The minimum Gasteiger partial charge on any atom is -0.0654 e. The molecular formula is C38H36. The van der Waals surface area contributed by atoms with Crippen molar-refractivity contribution in [3.8, 4) is 11.1 Å². The maximum absolute atomic E-state index is 2.41. The lowest BCUT2D eigenvalue weighted by atomic mass is 9.87. The highest BCUT2D eigenvalue weighted by atomic mass is 14.3. The van der Waals surface area contributed by atoms with E-state index in [1.54, 1.807) is 0 Å². The molecular weight excluding hydrogens is 456 g/mol. The zero-order valence-corrected chi connectivity index (χ0v) is 22.6. The predicted octanol–water partition coefficient (Wildman–Crippen LogP) is 10.5. The van der Waals surface area contributed by atoms with Gasteiger partial charge in [0.1, 0.15) is 0 Å². The number of hydrogen-bond acceptors (Lipinski definition) is 0. The van der Waals surface area contributed by atoms with Crippen molar-refractivity contribution >= 4 is 21.9 Å². The molecule has 0 bridgehead atoms. The molecule has 0 N–H and O–H groups in total. The van der Waals surface area contributed by atoms with Crippen molar-refractivity contribution in [2.45, 2.75) is 52.4 Å². The van der Waals surface area contributed by atoms with Crippen LogP contribution in [-0.4, -0.2) is 0 Å². The van der Waals surface area contributed by atoms with Crippen LogP contribution in [0.3, 0.4) is 0 Å². The molecule has 6 rings (SSSR count). The first-order valence-electron chi connectivity index (χ1n) is 14.3. The summed E-state index contributed by atoms with van der Waals surface area (Å²) in [6.45, 7) is 4.53. The molecule has 38 heavy (non-hydrogen) atoms. The molecule has 0 spiro atoms. The summed E-state index contributed by atoms with van der Waals surface area (Å²) in [6.07, 6.45) is 7.21. The average molecular weight is 493 g/mol. The molecule has 0 saturated heterocycles. The molecule has 0 radical (unpaired) electrons. The van der Waals surface area contributed by atoms with Crippen LogP contribution < -0.4 is 0 Å². The summed E-state index contributed by atoms with van der Waals surface area (Å²) in [4.78, 5) is 0. The Balaban J connectivity index is 1.60. The third-order valence-corrected chi connectivity index (χ3v) is 8.02. The van der Waals surface area contributed by atoms with Crippen molar-refractivity contribution < 1.29 is 0 Å². The minimum absolute atomic E-state index is 1.15. The Morgan fingerprint density at radius 2 is 0.947 bits per heavy atom. The fourth-order valence-corrected chi connectivity index (χ4v) is 5.91. The van der Waals surface area contributed by atoms with Gasteiger partial charge in [-0.15, -0.1) is 0 Å². The largest absolute Gasteiger partial charge is 0.0654 e. The summed E-state index contributed by atoms with van der Waals surface area (Å²) in [7, 11) is 0. The normalized spacial score (nSPS) is 12.0. The molecule has 0 heteroatoms. The predicted molar refractivity (Wildman–Crippen MR) is 165 cm³/mol. The third kappa shape index (κ3) is 4.61. The second kappa shape index (κ2) is 10.8. The molecule has 1 aliphatic carbocycles. The van der Waals surface area contributed by atoms with Gasteiger partial charge in [0.15, 0.2) is 0 Å². The Labute approximate surface area is 227 Å². The van der Waals surface area contributed by atoms with Gasteiger partial charge in [0.25, 0.3) is 0 Å². The van der Waals surface area contributed by atoms with E-state index in [4.69, 9.17) is 0 Å². The van der Waals surface area contributed by atoms with Crippen molar-refractivity contribution in [1.82, 2.24) is 0 Å². The van der Waals surface area contributed by atoms with E-state index < -0.39 is 0 Å². The number of benzene rings is 5. The highest BCUT2D eigenvalue weighted by molar-refractivity contribution is 6.15. The maximum atomic E-state index is 2.41. The van der Waals surface area contributed by atoms with Gasteiger partial charge >= 0.3 is 0 Å². The summed E-state index contributed by atoms with van der Waals surface area (Å²) < 4.78 is 0. The second-order valence-corrected chi connectivity index (χ2v) is 10.6. The third-order valence-electron chi connectivity index (χ3n) is 8.02. The molecule has 188 valence electrons. The summed E-state index contributed by atoms with van der Waals surface area (Å²) in [6, 6.07) is 41.2. The van der Waals surface area contributed by atoms with Gasteiger partial charge in [0, 0.05) is 0 Å². The molecule has 0 saturated carbocycles. The maximum Gasteiger partial charge on any atom is -0.00141 e. The Morgan fingerprint density at radius 3 is 1.47 bits per heavy atom. The molecule has 0 fully saturated rings. The van der Waals surface area contributed by atoms with E-state index in [-0.39, 0.29) is 0 Å². The summed E-state index contributed by atoms with van der Waals surface area (Å²) in [5.74, 6) is 0. The highest BCUT2D eigenvalue weighted by Gasteiger charge is 2.27. The van der Waals surface area contributed by atoms with E-state index in [0.29, 0.717) is 0 Å². The van der Waals surface area contributed by atoms with Crippen LogP contribution in [0.1, 0.15) is 72.9 Å². The van der Waals surface area contributed by atoms with E-state index in [1.807, 2.05) is 0 Å². The zero-order valence-electron chi connectivity index (χ0n) is 22.6. The van der Waals surface area contributed by atoms with Crippen LogP contribution in [0.5, 0.6) is 0 Å². The van der Waals surface area contributed by atoms with Crippen molar-refractivity contribution in [2.75, 3.05) is 0 Å². The van der Waals surface area contributed by atoms with Crippen LogP contribution in [0.15, 0.2) is 109 Å². The van der Waals surface area contributed by atoms with E-state index in [0.717, 1.165) is 12.8 Å². The van der Waals surface area contributed by atoms with Gasteiger partial charge in [0.05, 0.1) is 0 Å². The van der Waals surface area contributed by atoms with E-state index in [2.05, 4.69) is 123 Å². The van der Waals surface area contributed by atoms with Gasteiger partial charge in [-0.1, -0.05) is 124 Å². The Kier molecular flexibility index (Phi) is 6.97. The Hall–Kier alpha value is -3.90. The van der Waals surface area contributed by atoms with Gasteiger partial charge in [0.2, 0.25) is 0 Å². The van der Waals surface area contributed by atoms with E-state index in [1.165, 1.54) is 92.1 Å². The fourth-order valence-electron chi connectivity index (χ4n) is 5.91. The molecule has 5 aromatic rings. The minimum atomic E-state index is 1.15. The smallest absolute Gasteiger partial charge is 0.00141 e. The van der Waals surface area contributed by atoms with Crippen LogP contribution in [0, 0.1) is 0 Å². The van der Waals surface area contributed by atoms with Gasteiger partial charge in [-0.25, -0.2) is 0 Å². The van der Waals surface area contributed by atoms with Crippen LogP contribution in [0.4, 0.5) is 0 Å². The highest BCUT2D eigenvalue weighted by Crippen LogP contribution is 2.50. The number of rotatable bonds is 8. The molecule has 0 heterocycles. The quantitative estimate of drug-likeness (QED) is 0.198. The Morgan fingerprint density at radius 1 is 0.474 bits per heavy atom. The topological polar surface area (TPSA) is 0 Å². The lowest BCUT2D eigenvalue weighted by molar-refractivity contribution is 0.795. The van der Waals surface area contributed by atoms with Crippen molar-refractivity contribution in [3.05, 3.63) is 143 Å². The van der Waals surface area contributed by atoms with Crippen molar-refractivity contribution in [2.24, 2.45) is 0 Å². The molecule has 5 aromatic carbocycles. The van der Waals surface area contributed by atoms with Gasteiger partial charge in [-0.2, -0.15) is 0 Å². The zero-order chi connectivity index (χ0) is 25.9. The van der Waals surface area contributed by atoms with Crippen LogP contribution in [0.2, 0.25) is 0 Å². The Bertz CT molecular complexity index is 1540. The number of hydrogen-bond donors (Lipinski definition) is 0. The first-order chi connectivity index (χ1) is 18.8. The average Bonchev–Trinajstić information content (AvgIpc) is 3.28. The molecule has 0 nitrogen and oxygen atoms in total. The summed E-state index contributed by atoms with van der Waals surface area (Å²) >= 11 is 0. The van der Waals surface area contributed by atoms with Crippen molar-refractivity contribution in [3.63, 3.8) is 0 Å². The number of unbranched alkanes of at least 4 members (excludes halogenated alkanes) is 2. The van der Waals surface area contributed by atoms with E-state index in [9.17, 15) is 0 Å². The summed E-state index contributed by atoms with van der Waals surface area (Å²) in [5.41, 5.74) is 13.4. The standard InChI is InChI=1S/C38H36/c1-3-5-11-27-17-21-29(22-18-27)37(30-23-19-28(20-24-30)12-6-4-2)38-34-16-10-9-15-33(34)35-25-31-13-7-8-14-32(31)26-36(35)38/h7-10,13-26H,3-6,11-12H2,1-2H3. The van der Waals surface area contributed by atoms with Crippen LogP contribution in [-0.2, 0) is 12.8 Å².